The maximum Gasteiger partial charge on any atom is 0.224 e. The maximum atomic E-state index is 12.4. The Morgan fingerprint density at radius 2 is 1.68 bits per heavy atom. The molecule has 0 fully saturated rings. The SMILES string of the molecule is CCCCCOc1ccc(C(=O)CCC(=O)Nc2ccc(OC)c(NC(C)=O)c2)cc1. The zero-order valence-electron chi connectivity index (χ0n) is 18.3. The van der Waals surface area contributed by atoms with Gasteiger partial charge in [0.1, 0.15) is 11.5 Å². The van der Waals surface area contributed by atoms with Gasteiger partial charge in [-0.3, -0.25) is 14.4 Å². The normalized spacial score (nSPS) is 10.3. The first-order valence-corrected chi connectivity index (χ1v) is 10.4. The number of ether oxygens (including phenoxy) is 2. The monoisotopic (exact) mass is 426 g/mol. The Bertz CT molecular complexity index is 893. The van der Waals surface area contributed by atoms with Crippen molar-refractivity contribution in [2.24, 2.45) is 0 Å². The molecule has 0 aliphatic heterocycles. The van der Waals surface area contributed by atoms with E-state index in [9.17, 15) is 14.4 Å². The quantitative estimate of drug-likeness (QED) is 0.375. The van der Waals surface area contributed by atoms with Crippen LogP contribution < -0.4 is 20.1 Å². The molecule has 31 heavy (non-hydrogen) atoms. The second kappa shape index (κ2) is 12.4. The zero-order chi connectivity index (χ0) is 22.6. The Kier molecular flexibility index (Phi) is 9.55. The third-order valence-corrected chi connectivity index (χ3v) is 4.57. The molecule has 2 aromatic carbocycles. The molecule has 7 heteroatoms. The van der Waals surface area contributed by atoms with Gasteiger partial charge in [-0.1, -0.05) is 19.8 Å². The van der Waals surface area contributed by atoms with E-state index in [2.05, 4.69) is 17.6 Å². The lowest BCUT2D eigenvalue weighted by Gasteiger charge is -2.12. The highest BCUT2D eigenvalue weighted by molar-refractivity contribution is 6.00. The van der Waals surface area contributed by atoms with Gasteiger partial charge in [-0.15, -0.1) is 0 Å². The standard InChI is InChI=1S/C24H30N2O5/c1-4-5-6-15-31-20-10-7-18(8-11-20)22(28)12-14-24(29)26-19-9-13-23(30-3)21(16-19)25-17(2)27/h7-11,13,16H,4-6,12,14-15H2,1-3H3,(H,25,27)(H,26,29). The number of ketones is 1. The van der Waals surface area contributed by atoms with E-state index in [-0.39, 0.29) is 30.4 Å². The molecule has 0 saturated carbocycles. The minimum atomic E-state index is -0.289. The van der Waals surface area contributed by atoms with Crippen molar-refractivity contribution in [2.75, 3.05) is 24.4 Å². The third kappa shape index (κ3) is 8.12. The summed E-state index contributed by atoms with van der Waals surface area (Å²) in [6.45, 7) is 4.19. The van der Waals surface area contributed by atoms with Crippen LogP contribution in [0.25, 0.3) is 0 Å². The summed E-state index contributed by atoms with van der Waals surface area (Å²) in [5, 5.41) is 5.39. The number of anilines is 2. The Morgan fingerprint density at radius 1 is 0.935 bits per heavy atom. The summed E-state index contributed by atoms with van der Waals surface area (Å²) in [5.41, 5.74) is 1.51. The largest absolute Gasteiger partial charge is 0.495 e. The van der Waals surface area contributed by atoms with E-state index in [0.717, 1.165) is 25.0 Å². The topological polar surface area (TPSA) is 93.7 Å². The predicted molar refractivity (Wildman–Crippen MR) is 121 cm³/mol. The lowest BCUT2D eigenvalue weighted by Crippen LogP contribution is -2.14. The number of carbonyl (C=O) groups is 3. The number of benzene rings is 2. The van der Waals surface area contributed by atoms with Crippen LogP contribution in [0, 0.1) is 0 Å². The number of rotatable bonds is 12. The number of nitrogens with one attached hydrogen (secondary N) is 2. The molecule has 2 N–H and O–H groups in total. The smallest absolute Gasteiger partial charge is 0.224 e. The van der Waals surface area contributed by atoms with Crippen molar-refractivity contribution < 1.29 is 23.9 Å². The summed E-state index contributed by atoms with van der Waals surface area (Å²) in [6, 6.07) is 11.9. The number of amides is 2. The molecular weight excluding hydrogens is 396 g/mol. The van der Waals surface area contributed by atoms with E-state index < -0.39 is 0 Å². The van der Waals surface area contributed by atoms with Crippen LogP contribution in [0.5, 0.6) is 11.5 Å². The van der Waals surface area contributed by atoms with Crippen LogP contribution in [0.1, 0.15) is 56.3 Å². The average Bonchev–Trinajstić information content (AvgIpc) is 2.75. The fourth-order valence-corrected chi connectivity index (χ4v) is 2.95. The first-order valence-electron chi connectivity index (χ1n) is 10.4. The van der Waals surface area contributed by atoms with Gasteiger partial charge in [0.2, 0.25) is 11.8 Å². The third-order valence-electron chi connectivity index (χ3n) is 4.57. The molecular formula is C24H30N2O5. The van der Waals surface area contributed by atoms with Gasteiger partial charge in [0.05, 0.1) is 19.4 Å². The molecule has 166 valence electrons. The summed E-state index contributed by atoms with van der Waals surface area (Å²) in [6.07, 6.45) is 3.42. The Balaban J connectivity index is 1.85. The van der Waals surface area contributed by atoms with Crippen LogP contribution in [0.2, 0.25) is 0 Å². The molecule has 0 saturated heterocycles. The van der Waals surface area contributed by atoms with E-state index in [1.54, 1.807) is 42.5 Å². The van der Waals surface area contributed by atoms with Crippen LogP contribution in [0.3, 0.4) is 0 Å². The summed E-state index contributed by atoms with van der Waals surface area (Å²) in [5.74, 6) is 0.579. The van der Waals surface area contributed by atoms with Gasteiger partial charge < -0.3 is 20.1 Å². The minimum Gasteiger partial charge on any atom is -0.495 e. The van der Waals surface area contributed by atoms with E-state index in [1.165, 1.54) is 14.0 Å². The molecule has 0 radical (unpaired) electrons. The number of hydrogen-bond acceptors (Lipinski definition) is 5. The van der Waals surface area contributed by atoms with Crippen molar-refractivity contribution in [3.05, 3.63) is 48.0 Å². The molecule has 7 nitrogen and oxygen atoms in total. The van der Waals surface area contributed by atoms with Crippen LogP contribution in [-0.2, 0) is 9.59 Å². The summed E-state index contributed by atoms with van der Waals surface area (Å²) < 4.78 is 10.8. The number of methoxy groups -OCH3 is 1. The summed E-state index contributed by atoms with van der Waals surface area (Å²) >= 11 is 0. The van der Waals surface area contributed by atoms with Crippen molar-refractivity contribution in [3.8, 4) is 11.5 Å². The fraction of sp³-hybridized carbons (Fsp3) is 0.375. The molecule has 2 rings (SSSR count). The molecule has 0 aliphatic carbocycles. The van der Waals surface area contributed by atoms with Crippen LogP contribution in [0.15, 0.2) is 42.5 Å². The fourth-order valence-electron chi connectivity index (χ4n) is 2.95. The van der Waals surface area contributed by atoms with Crippen molar-refractivity contribution in [1.29, 1.82) is 0 Å². The van der Waals surface area contributed by atoms with Crippen molar-refractivity contribution in [2.45, 2.75) is 46.0 Å². The lowest BCUT2D eigenvalue weighted by molar-refractivity contribution is -0.116. The van der Waals surface area contributed by atoms with Crippen molar-refractivity contribution >= 4 is 29.0 Å². The van der Waals surface area contributed by atoms with Gasteiger partial charge in [-0.25, -0.2) is 0 Å². The van der Waals surface area contributed by atoms with E-state index in [1.807, 2.05) is 0 Å². The van der Waals surface area contributed by atoms with Crippen LogP contribution in [0.4, 0.5) is 11.4 Å². The zero-order valence-corrected chi connectivity index (χ0v) is 18.3. The lowest BCUT2D eigenvalue weighted by atomic mass is 10.1. The number of hydrogen-bond donors (Lipinski definition) is 2. The highest BCUT2D eigenvalue weighted by Crippen LogP contribution is 2.28. The molecule has 0 aromatic heterocycles. The maximum absolute atomic E-state index is 12.4. The number of Topliss-reactive ketones (excluding diaryl/α,β-unsaturated/α-hetero) is 1. The molecule has 0 aliphatic rings. The number of carbonyl (C=O) groups excluding carboxylic acids is 3. The Labute approximate surface area is 183 Å². The first-order chi connectivity index (χ1) is 14.9. The Hall–Kier alpha value is -3.35. The highest BCUT2D eigenvalue weighted by Gasteiger charge is 2.12. The molecule has 2 aromatic rings. The molecule has 0 unspecified atom stereocenters. The second-order valence-corrected chi connectivity index (χ2v) is 7.15. The average molecular weight is 427 g/mol. The molecule has 0 atom stereocenters. The first kappa shape index (κ1) is 23.9. The molecule has 0 bridgehead atoms. The van der Waals surface area contributed by atoms with Crippen molar-refractivity contribution in [1.82, 2.24) is 0 Å². The van der Waals surface area contributed by atoms with E-state index >= 15 is 0 Å². The number of unbranched alkanes of at least 4 members (excludes halogenated alkanes) is 2. The van der Waals surface area contributed by atoms with Crippen LogP contribution >= 0.6 is 0 Å². The molecule has 0 heterocycles. The molecule has 2 amide bonds. The molecule has 0 spiro atoms. The van der Waals surface area contributed by atoms with E-state index in [4.69, 9.17) is 9.47 Å². The van der Waals surface area contributed by atoms with Gasteiger partial charge in [-0.2, -0.15) is 0 Å². The van der Waals surface area contributed by atoms with E-state index in [0.29, 0.717) is 29.3 Å². The second-order valence-electron chi connectivity index (χ2n) is 7.15. The van der Waals surface area contributed by atoms with Crippen LogP contribution in [-0.4, -0.2) is 31.3 Å². The van der Waals surface area contributed by atoms with Gasteiger partial charge in [0.25, 0.3) is 0 Å². The summed E-state index contributed by atoms with van der Waals surface area (Å²) in [4.78, 5) is 36.0. The summed E-state index contributed by atoms with van der Waals surface area (Å²) in [7, 11) is 1.50. The van der Waals surface area contributed by atoms with Gasteiger partial charge >= 0.3 is 0 Å². The minimum absolute atomic E-state index is 0.0512. The van der Waals surface area contributed by atoms with Gasteiger partial charge in [0.15, 0.2) is 5.78 Å². The van der Waals surface area contributed by atoms with Crippen molar-refractivity contribution in [3.63, 3.8) is 0 Å². The van der Waals surface area contributed by atoms with Gasteiger partial charge in [0, 0.05) is 31.0 Å². The highest BCUT2D eigenvalue weighted by atomic mass is 16.5. The van der Waals surface area contributed by atoms with Gasteiger partial charge in [-0.05, 0) is 48.9 Å². The predicted octanol–water partition coefficient (Wildman–Crippen LogP) is 4.82. The Morgan fingerprint density at radius 3 is 2.32 bits per heavy atom.